The van der Waals surface area contributed by atoms with Gasteiger partial charge in [0.15, 0.2) is 0 Å². The quantitative estimate of drug-likeness (QED) is 0.160. The van der Waals surface area contributed by atoms with Crippen LogP contribution >= 0.6 is 11.8 Å². The number of carbonyl (C=O) groups is 1. The van der Waals surface area contributed by atoms with Crippen LogP contribution in [0.4, 0.5) is 0 Å². The van der Waals surface area contributed by atoms with E-state index in [9.17, 15) is 4.79 Å². The lowest BCUT2D eigenvalue weighted by Gasteiger charge is -2.28. The molecule has 6 nitrogen and oxygen atoms in total. The molecule has 7 heteroatoms. The molecule has 0 bridgehead atoms. The molecule has 0 aliphatic heterocycles. The summed E-state index contributed by atoms with van der Waals surface area (Å²) in [6.45, 7) is 21.1. The van der Waals surface area contributed by atoms with Crippen molar-refractivity contribution < 1.29 is 4.79 Å². The van der Waals surface area contributed by atoms with Crippen LogP contribution in [0.5, 0.6) is 0 Å². The van der Waals surface area contributed by atoms with Gasteiger partial charge >= 0.3 is 0 Å². The number of aliphatic imine (C=N–C) groups is 2. The molecule has 0 aliphatic carbocycles. The average molecular weight is 506 g/mol. The van der Waals surface area contributed by atoms with Gasteiger partial charge in [-0.1, -0.05) is 13.8 Å². The second kappa shape index (κ2) is 18.4. The summed E-state index contributed by atoms with van der Waals surface area (Å²) in [5.41, 5.74) is 3.28. The monoisotopic (exact) mass is 505 g/mol. The highest BCUT2D eigenvalue weighted by Gasteiger charge is 2.15. The van der Waals surface area contributed by atoms with Crippen molar-refractivity contribution in [3.63, 3.8) is 0 Å². The molecule has 0 aromatic carbocycles. The van der Waals surface area contributed by atoms with Crippen LogP contribution < -0.4 is 5.32 Å². The Balaban J connectivity index is 5.13. The molecule has 0 heterocycles. The van der Waals surface area contributed by atoms with Gasteiger partial charge in [-0.25, -0.2) is 0 Å². The average Bonchev–Trinajstić information content (AvgIpc) is 2.78. The van der Waals surface area contributed by atoms with E-state index < -0.39 is 0 Å². The minimum Gasteiger partial charge on any atom is -0.355 e. The Kier molecular flexibility index (Phi) is 17.4. The predicted octanol–water partition coefficient (Wildman–Crippen LogP) is 5.93. The van der Waals surface area contributed by atoms with Crippen LogP contribution in [0.2, 0.25) is 0 Å². The largest absolute Gasteiger partial charge is 0.355 e. The van der Waals surface area contributed by atoms with E-state index in [1.807, 2.05) is 52.3 Å². The summed E-state index contributed by atoms with van der Waals surface area (Å²) in [4.78, 5) is 27.1. The summed E-state index contributed by atoms with van der Waals surface area (Å²) < 4.78 is 0. The zero-order chi connectivity index (χ0) is 27.0. The van der Waals surface area contributed by atoms with E-state index in [1.165, 1.54) is 17.3 Å². The van der Waals surface area contributed by atoms with Crippen molar-refractivity contribution in [1.82, 2.24) is 15.1 Å². The van der Waals surface area contributed by atoms with Crippen LogP contribution in [0.3, 0.4) is 0 Å². The second-order valence-electron chi connectivity index (χ2n) is 9.73. The van der Waals surface area contributed by atoms with Gasteiger partial charge in [-0.2, -0.15) is 0 Å². The van der Waals surface area contributed by atoms with Crippen molar-refractivity contribution in [3.8, 4) is 0 Å². The summed E-state index contributed by atoms with van der Waals surface area (Å²) in [5, 5.41) is 3.11. The normalized spacial score (nSPS) is 14.3. The molecule has 0 rings (SSSR count). The summed E-state index contributed by atoms with van der Waals surface area (Å²) in [6.07, 6.45) is 12.0. The van der Waals surface area contributed by atoms with Gasteiger partial charge in [0, 0.05) is 42.8 Å². The second-order valence-corrected chi connectivity index (χ2v) is 10.6. The summed E-state index contributed by atoms with van der Waals surface area (Å²) in [7, 11) is 2.07. The molecule has 0 saturated carbocycles. The number of thioether (sulfide) groups is 1. The lowest BCUT2D eigenvalue weighted by molar-refractivity contribution is -0.117. The zero-order valence-electron chi connectivity index (χ0n) is 24.2. The van der Waals surface area contributed by atoms with Crippen LogP contribution in [0.15, 0.2) is 44.4 Å². The Hall–Kier alpha value is -1.86. The summed E-state index contributed by atoms with van der Waals surface area (Å²) in [6, 6.07) is 1.01. The lowest BCUT2D eigenvalue weighted by Crippen LogP contribution is -2.43. The van der Waals surface area contributed by atoms with Gasteiger partial charge in [0.25, 0.3) is 5.91 Å². The third-order valence-corrected chi connectivity index (χ3v) is 6.50. The Bertz CT molecular complexity index is 774. The number of carbonyl (C=O) groups excluding carboxylic acids is 1. The van der Waals surface area contributed by atoms with Crippen LogP contribution in [0.25, 0.3) is 0 Å². The zero-order valence-corrected chi connectivity index (χ0v) is 25.0. The third-order valence-electron chi connectivity index (χ3n) is 5.75. The molecule has 1 unspecified atom stereocenters. The van der Waals surface area contributed by atoms with Crippen molar-refractivity contribution in [3.05, 3.63) is 34.4 Å². The number of nitrogens with one attached hydrogen (secondary N) is 1. The number of allylic oxidation sites excluding steroid dienone is 3. The first-order valence-electron chi connectivity index (χ1n) is 12.8. The van der Waals surface area contributed by atoms with E-state index in [2.05, 4.69) is 73.0 Å². The van der Waals surface area contributed by atoms with Crippen LogP contribution in [0, 0.1) is 0 Å². The summed E-state index contributed by atoms with van der Waals surface area (Å²) in [5.74, 6) is -0.0305. The highest BCUT2D eigenvalue weighted by Crippen LogP contribution is 2.15. The van der Waals surface area contributed by atoms with Crippen molar-refractivity contribution >= 4 is 29.6 Å². The number of hydrogen-bond donors (Lipinski definition) is 1. The molecular formula is C28H51N5OS. The molecular weight excluding hydrogens is 454 g/mol. The molecule has 0 radical (unpaired) electrons. The van der Waals surface area contributed by atoms with Gasteiger partial charge in [-0.3, -0.25) is 14.8 Å². The third kappa shape index (κ3) is 15.0. The molecule has 0 spiro atoms. The van der Waals surface area contributed by atoms with Gasteiger partial charge in [0.05, 0.1) is 11.4 Å². The predicted molar refractivity (Wildman–Crippen MR) is 158 cm³/mol. The lowest BCUT2D eigenvalue weighted by atomic mass is 10.1. The smallest absolute Gasteiger partial charge is 0.257 e. The molecule has 1 N–H and O–H groups in total. The fraction of sp³-hybridized carbons (Fsp3) is 0.679. The molecule has 0 aromatic rings. The Morgan fingerprint density at radius 1 is 1.09 bits per heavy atom. The van der Waals surface area contributed by atoms with Gasteiger partial charge in [-0.05, 0) is 97.9 Å². The minimum absolute atomic E-state index is 0.0305. The van der Waals surface area contributed by atoms with Crippen molar-refractivity contribution in [2.45, 2.75) is 93.3 Å². The molecule has 0 aromatic heterocycles. The highest BCUT2D eigenvalue weighted by atomic mass is 32.2. The van der Waals surface area contributed by atoms with Crippen molar-refractivity contribution in [1.29, 1.82) is 0 Å². The van der Waals surface area contributed by atoms with Gasteiger partial charge in [0.2, 0.25) is 0 Å². The number of amides is 1. The highest BCUT2D eigenvalue weighted by molar-refractivity contribution is 8.03. The Morgan fingerprint density at radius 3 is 2.23 bits per heavy atom. The molecule has 1 amide bonds. The Labute approximate surface area is 220 Å². The Morgan fingerprint density at radius 2 is 1.71 bits per heavy atom. The number of likely N-dealkylation sites (N-methyl/N-ethyl adjacent to an activating group) is 1. The minimum atomic E-state index is -0.0305. The van der Waals surface area contributed by atoms with Gasteiger partial charge in [-0.15, -0.1) is 11.8 Å². The van der Waals surface area contributed by atoms with E-state index in [4.69, 9.17) is 0 Å². The van der Waals surface area contributed by atoms with Crippen molar-refractivity contribution in [2.75, 3.05) is 33.1 Å². The van der Waals surface area contributed by atoms with Gasteiger partial charge < -0.3 is 15.1 Å². The maximum absolute atomic E-state index is 12.7. The van der Waals surface area contributed by atoms with E-state index in [1.54, 1.807) is 0 Å². The molecule has 0 aliphatic rings. The fourth-order valence-corrected chi connectivity index (χ4v) is 3.94. The molecule has 200 valence electrons. The fourth-order valence-electron chi connectivity index (χ4n) is 3.39. The first-order valence-corrected chi connectivity index (χ1v) is 14.0. The van der Waals surface area contributed by atoms with E-state index in [-0.39, 0.29) is 11.9 Å². The first-order chi connectivity index (χ1) is 16.4. The molecule has 0 fully saturated rings. The first kappa shape index (κ1) is 33.1. The number of rotatable bonds is 16. The van der Waals surface area contributed by atoms with Crippen LogP contribution in [-0.2, 0) is 4.79 Å². The number of nitrogens with zero attached hydrogens (tertiary/aromatic N) is 4. The van der Waals surface area contributed by atoms with Crippen molar-refractivity contribution in [2.24, 2.45) is 9.98 Å². The summed E-state index contributed by atoms with van der Waals surface area (Å²) >= 11 is 1.46. The van der Waals surface area contributed by atoms with E-state index >= 15 is 0 Å². The SMILES string of the molecule is CCC(CC)N(/C=C(/C)CN=C/C=C(C)/C=C(\SC)C(=O)NC(C)CN(C)C(C)C)CN=C(C)C. The molecule has 35 heavy (non-hydrogen) atoms. The van der Waals surface area contributed by atoms with E-state index in [0.717, 1.165) is 30.7 Å². The topological polar surface area (TPSA) is 60.3 Å². The van der Waals surface area contributed by atoms with Crippen LogP contribution in [-0.4, -0.2) is 78.8 Å². The van der Waals surface area contributed by atoms with Gasteiger partial charge in [0.1, 0.15) is 6.67 Å². The maximum atomic E-state index is 12.7. The molecule has 1 atom stereocenters. The molecule has 0 saturated heterocycles. The van der Waals surface area contributed by atoms with E-state index in [0.29, 0.717) is 30.2 Å². The van der Waals surface area contributed by atoms with Crippen LogP contribution in [0.1, 0.15) is 75.2 Å². The number of hydrogen-bond acceptors (Lipinski definition) is 6. The maximum Gasteiger partial charge on any atom is 0.257 e. The standard InChI is InChI=1S/C28H51N5OS/c1-12-26(13-2)33(20-30-21(3)4)18-24(8)17-29-15-14-23(7)16-27(35-11)28(34)31-25(9)19-32(10)22(5)6/h14-16,18,22,25-26H,12-13,17,19-20H2,1-11H3,(H,31,34)/b23-14+,24-18-,27-16-,29-15?.